The van der Waals surface area contributed by atoms with Gasteiger partial charge in [0.2, 0.25) is 0 Å². The van der Waals surface area contributed by atoms with Gasteiger partial charge in [0.1, 0.15) is 17.1 Å². The highest BCUT2D eigenvalue weighted by molar-refractivity contribution is 5.94. The van der Waals surface area contributed by atoms with Crippen molar-refractivity contribution in [2.45, 2.75) is 6.54 Å². The highest BCUT2D eigenvalue weighted by Crippen LogP contribution is 2.17. The number of aromatic nitrogens is 4. The average Bonchev–Trinajstić information content (AvgIpc) is 3.34. The fraction of sp³-hybridized carbons (Fsp3) is 0.190. The maximum Gasteiger partial charge on any atom is 0.272 e. The zero-order chi connectivity index (χ0) is 19.7. The number of pyridine rings is 1. The molecule has 0 unspecified atom stereocenters. The Balaban J connectivity index is 1.51. The molecule has 0 N–H and O–H groups in total. The van der Waals surface area contributed by atoms with Crippen molar-refractivity contribution in [2.24, 2.45) is 7.05 Å². The van der Waals surface area contributed by atoms with Crippen LogP contribution in [0.3, 0.4) is 0 Å². The van der Waals surface area contributed by atoms with Crippen LogP contribution in [0.2, 0.25) is 0 Å². The lowest BCUT2D eigenvalue weighted by Crippen LogP contribution is -2.26. The van der Waals surface area contributed by atoms with E-state index in [4.69, 9.17) is 4.74 Å². The summed E-state index contributed by atoms with van der Waals surface area (Å²) in [6.45, 7) is 0.440. The lowest BCUT2D eigenvalue weighted by molar-refractivity contribution is 0.0779. The minimum atomic E-state index is -0.128. The van der Waals surface area contributed by atoms with Crippen LogP contribution in [-0.4, -0.2) is 44.3 Å². The number of amides is 1. The molecule has 0 radical (unpaired) electrons. The van der Waals surface area contributed by atoms with Gasteiger partial charge in [0.05, 0.1) is 19.0 Å². The van der Waals surface area contributed by atoms with Gasteiger partial charge in [-0.2, -0.15) is 5.10 Å². The van der Waals surface area contributed by atoms with Crippen LogP contribution >= 0.6 is 0 Å². The molecule has 1 amide bonds. The van der Waals surface area contributed by atoms with Crippen LogP contribution in [0.4, 0.5) is 0 Å². The summed E-state index contributed by atoms with van der Waals surface area (Å²) in [5, 5.41) is 5.41. The summed E-state index contributed by atoms with van der Waals surface area (Å²) in [4.78, 5) is 18.9. The Bertz CT molecular complexity index is 1140. The van der Waals surface area contributed by atoms with E-state index in [2.05, 4.69) is 10.1 Å². The van der Waals surface area contributed by atoms with Gasteiger partial charge in [-0.05, 0) is 30.3 Å². The van der Waals surface area contributed by atoms with Gasteiger partial charge in [0, 0.05) is 50.0 Å². The maximum atomic E-state index is 12.8. The van der Waals surface area contributed by atoms with Gasteiger partial charge in [-0.3, -0.25) is 4.79 Å². The first-order chi connectivity index (χ1) is 13.5. The van der Waals surface area contributed by atoms with Crippen molar-refractivity contribution in [2.75, 3.05) is 14.2 Å². The van der Waals surface area contributed by atoms with Crippen LogP contribution in [0.25, 0.3) is 16.7 Å². The molecule has 1 aromatic carbocycles. The van der Waals surface area contributed by atoms with E-state index >= 15 is 0 Å². The van der Waals surface area contributed by atoms with Crippen LogP contribution < -0.4 is 4.74 Å². The van der Waals surface area contributed by atoms with E-state index in [1.54, 1.807) is 36.0 Å². The topological polar surface area (TPSA) is 65.2 Å². The number of benzene rings is 1. The van der Waals surface area contributed by atoms with E-state index in [-0.39, 0.29) is 5.91 Å². The zero-order valence-electron chi connectivity index (χ0n) is 16.0. The van der Waals surface area contributed by atoms with Crippen molar-refractivity contribution >= 4 is 16.9 Å². The Morgan fingerprint density at radius 1 is 1.21 bits per heavy atom. The molecule has 4 rings (SSSR count). The molecule has 0 fully saturated rings. The molecule has 0 bridgehead atoms. The standard InChI is InChI=1S/C21H21N5O2/c1-24-10-9-16-7-8-19(23-20(16)24)21(27)25(2)13-15-12-22-26(14-15)17-5-4-6-18(11-17)28-3/h4-12,14H,13H2,1-3H3. The molecule has 0 aliphatic carbocycles. The van der Waals surface area contributed by atoms with Crippen LogP contribution in [0.5, 0.6) is 5.75 Å². The van der Waals surface area contributed by atoms with Crippen molar-refractivity contribution in [1.29, 1.82) is 0 Å². The molecule has 3 aromatic heterocycles. The van der Waals surface area contributed by atoms with Gasteiger partial charge in [-0.1, -0.05) is 6.07 Å². The largest absolute Gasteiger partial charge is 0.497 e. The molecule has 4 aromatic rings. The molecule has 0 aliphatic heterocycles. The highest BCUT2D eigenvalue weighted by atomic mass is 16.5. The molecule has 3 heterocycles. The monoisotopic (exact) mass is 375 g/mol. The molecule has 0 saturated carbocycles. The van der Waals surface area contributed by atoms with Crippen LogP contribution in [0.15, 0.2) is 61.1 Å². The predicted octanol–water partition coefficient (Wildman–Crippen LogP) is 3.04. The molecule has 7 heteroatoms. The van der Waals surface area contributed by atoms with Gasteiger partial charge < -0.3 is 14.2 Å². The summed E-state index contributed by atoms with van der Waals surface area (Å²) in [5.41, 5.74) is 3.05. The zero-order valence-corrected chi connectivity index (χ0v) is 16.0. The first-order valence-corrected chi connectivity index (χ1v) is 8.90. The maximum absolute atomic E-state index is 12.8. The van der Waals surface area contributed by atoms with Gasteiger partial charge >= 0.3 is 0 Å². The van der Waals surface area contributed by atoms with E-state index in [9.17, 15) is 4.79 Å². The number of ether oxygens (including phenoxy) is 1. The Kier molecular flexibility index (Phi) is 4.57. The Hall–Kier alpha value is -3.61. The summed E-state index contributed by atoms with van der Waals surface area (Å²) in [5.74, 6) is 0.640. The lowest BCUT2D eigenvalue weighted by atomic mass is 10.2. The van der Waals surface area contributed by atoms with Crippen molar-refractivity contribution < 1.29 is 9.53 Å². The SMILES string of the molecule is COc1cccc(-n2cc(CN(C)C(=O)c3ccc4ccn(C)c4n3)cn2)c1. The summed E-state index contributed by atoms with van der Waals surface area (Å²) in [7, 11) is 5.32. The van der Waals surface area contributed by atoms with E-state index in [0.29, 0.717) is 12.2 Å². The minimum Gasteiger partial charge on any atom is -0.497 e. The number of hydrogen-bond acceptors (Lipinski definition) is 4. The second-order valence-corrected chi connectivity index (χ2v) is 6.69. The van der Waals surface area contributed by atoms with Gasteiger partial charge in [0.25, 0.3) is 5.91 Å². The Labute approximate surface area is 162 Å². The molecular formula is C21H21N5O2. The number of hydrogen-bond donors (Lipinski definition) is 0. The fourth-order valence-corrected chi connectivity index (χ4v) is 3.13. The van der Waals surface area contributed by atoms with E-state index in [0.717, 1.165) is 28.0 Å². The Morgan fingerprint density at radius 3 is 2.89 bits per heavy atom. The summed E-state index contributed by atoms with van der Waals surface area (Å²) in [6.07, 6.45) is 5.60. The molecule has 142 valence electrons. The third-order valence-corrected chi connectivity index (χ3v) is 4.66. The van der Waals surface area contributed by atoms with Crippen molar-refractivity contribution in [3.05, 3.63) is 72.3 Å². The van der Waals surface area contributed by atoms with Crippen LogP contribution in [0, 0.1) is 0 Å². The van der Waals surface area contributed by atoms with E-state index in [1.807, 2.05) is 60.4 Å². The number of methoxy groups -OCH3 is 1. The fourth-order valence-electron chi connectivity index (χ4n) is 3.13. The van der Waals surface area contributed by atoms with Gasteiger partial charge in [-0.15, -0.1) is 0 Å². The first kappa shape index (κ1) is 17.8. The van der Waals surface area contributed by atoms with E-state index < -0.39 is 0 Å². The second kappa shape index (κ2) is 7.19. The van der Waals surface area contributed by atoms with Crippen LogP contribution in [0.1, 0.15) is 16.1 Å². The van der Waals surface area contributed by atoms with Crippen molar-refractivity contribution in [3.63, 3.8) is 0 Å². The van der Waals surface area contributed by atoms with Gasteiger partial charge in [0.15, 0.2) is 0 Å². The smallest absolute Gasteiger partial charge is 0.272 e. The minimum absolute atomic E-state index is 0.128. The number of carbonyl (C=O) groups excluding carboxylic acids is 1. The highest BCUT2D eigenvalue weighted by Gasteiger charge is 2.16. The molecule has 28 heavy (non-hydrogen) atoms. The second-order valence-electron chi connectivity index (χ2n) is 6.69. The van der Waals surface area contributed by atoms with Crippen LogP contribution in [-0.2, 0) is 13.6 Å². The average molecular weight is 375 g/mol. The number of rotatable bonds is 5. The molecule has 7 nitrogen and oxygen atoms in total. The van der Waals surface area contributed by atoms with E-state index in [1.165, 1.54) is 0 Å². The predicted molar refractivity (Wildman–Crippen MR) is 107 cm³/mol. The number of nitrogens with zero attached hydrogens (tertiary/aromatic N) is 5. The number of fused-ring (bicyclic) bond motifs is 1. The van der Waals surface area contributed by atoms with Crippen molar-refractivity contribution in [1.82, 2.24) is 24.2 Å². The third kappa shape index (κ3) is 3.34. The molecule has 0 spiro atoms. The van der Waals surface area contributed by atoms with Gasteiger partial charge in [-0.25, -0.2) is 9.67 Å². The van der Waals surface area contributed by atoms with Crippen molar-refractivity contribution in [3.8, 4) is 11.4 Å². The molecule has 0 saturated heterocycles. The molecule has 0 atom stereocenters. The summed E-state index contributed by atoms with van der Waals surface area (Å²) < 4.78 is 8.93. The quantitative estimate of drug-likeness (QED) is 0.538. The first-order valence-electron chi connectivity index (χ1n) is 8.90. The number of aryl methyl sites for hydroxylation is 1. The molecular weight excluding hydrogens is 354 g/mol. The Morgan fingerprint density at radius 2 is 2.07 bits per heavy atom. The molecule has 0 aliphatic rings. The summed E-state index contributed by atoms with van der Waals surface area (Å²) >= 11 is 0. The normalized spacial score (nSPS) is 11.0. The number of carbonyl (C=O) groups is 1. The summed E-state index contributed by atoms with van der Waals surface area (Å²) in [6, 6.07) is 13.3. The third-order valence-electron chi connectivity index (χ3n) is 4.66. The lowest BCUT2D eigenvalue weighted by Gasteiger charge is -2.15.